The Morgan fingerprint density at radius 2 is 2.11 bits per heavy atom. The second-order valence-electron chi connectivity index (χ2n) is 5.76. The summed E-state index contributed by atoms with van der Waals surface area (Å²) in [6.45, 7) is 5.72. The minimum Gasteiger partial charge on any atom is -0.396 e. The maximum Gasteiger partial charge on any atom is 0.152 e. The number of likely N-dealkylation sites (N-methyl/N-ethyl adjacent to an activating group) is 1. The van der Waals surface area contributed by atoms with E-state index in [0.717, 1.165) is 44.0 Å². The Bertz CT molecular complexity index is 431. The highest BCUT2D eigenvalue weighted by Crippen LogP contribution is 2.26. The van der Waals surface area contributed by atoms with Crippen LogP contribution in [0.4, 0.5) is 0 Å². The summed E-state index contributed by atoms with van der Waals surface area (Å²) in [6, 6.07) is 0.613. The average Bonchev–Trinajstić information content (AvgIpc) is 3.04. The lowest BCUT2D eigenvalue weighted by Crippen LogP contribution is -2.31. The molecule has 0 aromatic carbocycles. The fourth-order valence-electron chi connectivity index (χ4n) is 3.50. The first-order chi connectivity index (χ1) is 9.31. The van der Waals surface area contributed by atoms with Crippen molar-refractivity contribution in [3.05, 3.63) is 11.6 Å². The Kier molecular flexibility index (Phi) is 3.84. The van der Waals surface area contributed by atoms with Crippen LogP contribution in [0.3, 0.4) is 0 Å². The van der Waals surface area contributed by atoms with Gasteiger partial charge >= 0.3 is 0 Å². The number of hydrogen-bond donors (Lipinski definition) is 1. The Balaban J connectivity index is 1.74. The van der Waals surface area contributed by atoms with Gasteiger partial charge in [0.15, 0.2) is 5.82 Å². The maximum absolute atomic E-state index is 9.42. The van der Waals surface area contributed by atoms with E-state index in [2.05, 4.69) is 16.9 Å². The van der Waals surface area contributed by atoms with Gasteiger partial charge in [0, 0.05) is 24.9 Å². The Morgan fingerprint density at radius 3 is 2.89 bits per heavy atom. The predicted molar refractivity (Wildman–Crippen MR) is 73.1 cm³/mol. The molecule has 5 heteroatoms. The minimum absolute atomic E-state index is 0.195. The number of aryl methyl sites for hydroxylation is 1. The van der Waals surface area contributed by atoms with Gasteiger partial charge in [0.25, 0.3) is 0 Å². The summed E-state index contributed by atoms with van der Waals surface area (Å²) in [5, 5.41) is 14.1. The number of aliphatic hydroxyl groups excluding tert-OH is 1. The zero-order chi connectivity index (χ0) is 13.2. The molecule has 1 fully saturated rings. The van der Waals surface area contributed by atoms with Crippen molar-refractivity contribution >= 4 is 0 Å². The number of likely N-dealkylation sites (tertiary alicyclic amines) is 1. The van der Waals surface area contributed by atoms with Crippen LogP contribution in [0.15, 0.2) is 0 Å². The van der Waals surface area contributed by atoms with E-state index in [1.54, 1.807) is 0 Å². The van der Waals surface area contributed by atoms with Gasteiger partial charge in [0.05, 0.1) is 6.61 Å². The first-order valence-electron chi connectivity index (χ1n) is 7.60. The molecule has 3 heterocycles. The lowest BCUT2D eigenvalue weighted by Gasteiger charge is -2.21. The Hall–Kier alpha value is -0.940. The third-order valence-electron chi connectivity index (χ3n) is 4.58. The minimum atomic E-state index is 0.195. The van der Waals surface area contributed by atoms with E-state index < -0.39 is 0 Å². The first-order valence-corrected chi connectivity index (χ1v) is 7.60. The number of aliphatic hydroxyl groups is 1. The van der Waals surface area contributed by atoms with Crippen molar-refractivity contribution in [2.45, 2.75) is 57.5 Å². The molecule has 0 amide bonds. The van der Waals surface area contributed by atoms with Crippen molar-refractivity contribution in [1.29, 1.82) is 0 Å². The molecule has 106 valence electrons. The van der Waals surface area contributed by atoms with Gasteiger partial charge in [-0.2, -0.15) is 5.10 Å². The van der Waals surface area contributed by atoms with Crippen LogP contribution in [-0.4, -0.2) is 50.5 Å². The normalized spacial score (nSPS) is 27.7. The number of nitrogens with zero attached hydrogens (tertiary/aromatic N) is 4. The van der Waals surface area contributed by atoms with Gasteiger partial charge in [0.1, 0.15) is 5.82 Å². The zero-order valence-corrected chi connectivity index (χ0v) is 11.8. The molecule has 0 bridgehead atoms. The summed E-state index contributed by atoms with van der Waals surface area (Å²) in [5.41, 5.74) is 0. The standard InChI is InChI=1S/C14H24N4O/c1-2-17-7-4-6-12(17)9-13-15-14-11(10-19)5-3-8-18(14)16-13/h11-12,19H,2-10H2,1H3. The molecule has 0 radical (unpaired) electrons. The van der Waals surface area contributed by atoms with Crippen LogP contribution in [0.1, 0.15) is 50.2 Å². The maximum atomic E-state index is 9.42. The van der Waals surface area contributed by atoms with Gasteiger partial charge in [-0.05, 0) is 38.8 Å². The second-order valence-corrected chi connectivity index (χ2v) is 5.76. The molecule has 19 heavy (non-hydrogen) atoms. The Labute approximate surface area is 114 Å². The summed E-state index contributed by atoms with van der Waals surface area (Å²) in [4.78, 5) is 7.23. The number of rotatable bonds is 4. The smallest absolute Gasteiger partial charge is 0.152 e. The van der Waals surface area contributed by atoms with Gasteiger partial charge in [-0.25, -0.2) is 9.67 Å². The SMILES string of the molecule is CCN1CCCC1Cc1nc2n(n1)CCCC2CO. The lowest BCUT2D eigenvalue weighted by molar-refractivity contribution is 0.234. The molecule has 2 unspecified atom stereocenters. The molecule has 1 aromatic heterocycles. The zero-order valence-electron chi connectivity index (χ0n) is 11.8. The van der Waals surface area contributed by atoms with Crippen LogP contribution >= 0.6 is 0 Å². The average molecular weight is 264 g/mol. The van der Waals surface area contributed by atoms with E-state index >= 15 is 0 Å². The van der Waals surface area contributed by atoms with E-state index in [-0.39, 0.29) is 12.5 Å². The van der Waals surface area contributed by atoms with Crippen LogP contribution in [0.5, 0.6) is 0 Å². The van der Waals surface area contributed by atoms with Gasteiger partial charge in [-0.15, -0.1) is 0 Å². The van der Waals surface area contributed by atoms with E-state index in [0.29, 0.717) is 6.04 Å². The van der Waals surface area contributed by atoms with Gasteiger partial charge in [-0.1, -0.05) is 6.92 Å². The highest BCUT2D eigenvalue weighted by atomic mass is 16.3. The molecule has 3 rings (SSSR count). The van der Waals surface area contributed by atoms with E-state index in [9.17, 15) is 5.11 Å². The third-order valence-corrected chi connectivity index (χ3v) is 4.58. The summed E-state index contributed by atoms with van der Waals surface area (Å²) < 4.78 is 2.02. The monoisotopic (exact) mass is 264 g/mol. The van der Waals surface area contributed by atoms with Crippen molar-refractivity contribution in [1.82, 2.24) is 19.7 Å². The highest BCUT2D eigenvalue weighted by molar-refractivity contribution is 5.04. The lowest BCUT2D eigenvalue weighted by atomic mass is 10.0. The topological polar surface area (TPSA) is 54.2 Å². The van der Waals surface area contributed by atoms with Crippen molar-refractivity contribution in [3.8, 4) is 0 Å². The molecule has 0 aliphatic carbocycles. The van der Waals surface area contributed by atoms with Gasteiger partial charge in [0.2, 0.25) is 0 Å². The van der Waals surface area contributed by atoms with Crippen LogP contribution in [0, 0.1) is 0 Å². The van der Waals surface area contributed by atoms with Crippen LogP contribution in [0.25, 0.3) is 0 Å². The van der Waals surface area contributed by atoms with E-state index in [4.69, 9.17) is 4.98 Å². The fraction of sp³-hybridized carbons (Fsp3) is 0.857. The molecular formula is C14H24N4O. The molecule has 1 aromatic rings. The van der Waals surface area contributed by atoms with Gasteiger partial charge in [-0.3, -0.25) is 0 Å². The van der Waals surface area contributed by atoms with E-state index in [1.807, 2.05) is 4.68 Å². The van der Waals surface area contributed by atoms with Crippen molar-refractivity contribution < 1.29 is 5.11 Å². The molecular weight excluding hydrogens is 240 g/mol. The molecule has 1 N–H and O–H groups in total. The molecule has 0 spiro atoms. The molecule has 2 aliphatic heterocycles. The first kappa shape index (κ1) is 13.1. The molecule has 0 saturated carbocycles. The molecule has 5 nitrogen and oxygen atoms in total. The summed E-state index contributed by atoms with van der Waals surface area (Å²) >= 11 is 0. The van der Waals surface area contributed by atoms with Crippen LogP contribution in [-0.2, 0) is 13.0 Å². The highest BCUT2D eigenvalue weighted by Gasteiger charge is 2.27. The number of fused-ring (bicyclic) bond motifs is 1. The van der Waals surface area contributed by atoms with Gasteiger partial charge < -0.3 is 10.0 Å². The molecule has 2 atom stereocenters. The van der Waals surface area contributed by atoms with Crippen LogP contribution < -0.4 is 0 Å². The second kappa shape index (κ2) is 5.59. The number of aromatic nitrogens is 3. The van der Waals surface area contributed by atoms with Crippen molar-refractivity contribution in [2.75, 3.05) is 19.7 Å². The summed E-state index contributed by atoms with van der Waals surface area (Å²) in [5.74, 6) is 2.17. The predicted octanol–water partition coefficient (Wildman–Crippen LogP) is 1.17. The fourth-order valence-corrected chi connectivity index (χ4v) is 3.50. The summed E-state index contributed by atoms with van der Waals surface area (Å²) in [6.07, 6.45) is 5.67. The number of hydrogen-bond acceptors (Lipinski definition) is 4. The largest absolute Gasteiger partial charge is 0.396 e. The molecule has 1 saturated heterocycles. The molecule has 2 aliphatic rings. The summed E-state index contributed by atoms with van der Waals surface area (Å²) in [7, 11) is 0. The van der Waals surface area contributed by atoms with Crippen molar-refractivity contribution in [2.24, 2.45) is 0 Å². The van der Waals surface area contributed by atoms with Crippen LogP contribution in [0.2, 0.25) is 0 Å². The Morgan fingerprint density at radius 1 is 1.26 bits per heavy atom. The van der Waals surface area contributed by atoms with E-state index in [1.165, 1.54) is 19.4 Å². The third kappa shape index (κ3) is 2.54. The van der Waals surface area contributed by atoms with Crippen molar-refractivity contribution in [3.63, 3.8) is 0 Å². The quantitative estimate of drug-likeness (QED) is 0.887.